The Kier molecular flexibility index (Phi) is 5.83. The Morgan fingerprint density at radius 1 is 1.35 bits per heavy atom. The number of nitrogen functional groups attached to an aromatic ring is 1. The van der Waals surface area contributed by atoms with E-state index in [4.69, 9.17) is 10.5 Å². The minimum Gasteiger partial charge on any atom is -0.492 e. The first-order chi connectivity index (χ1) is 9.24. The molecule has 0 spiro atoms. The van der Waals surface area contributed by atoms with Gasteiger partial charge >= 0.3 is 0 Å². The average molecular weight is 300 g/mol. The van der Waals surface area contributed by atoms with E-state index in [1.807, 2.05) is 20.8 Å². The molecule has 6 heteroatoms. The first-order valence-electron chi connectivity index (χ1n) is 6.74. The van der Waals surface area contributed by atoms with Crippen molar-refractivity contribution in [3.63, 3.8) is 0 Å². The number of rotatable bonds is 8. The molecule has 1 aromatic carbocycles. The van der Waals surface area contributed by atoms with E-state index in [2.05, 4.69) is 4.72 Å². The standard InChI is InChI=1S/C14H24N2O3S/c1-4-8-14(2,3)16-20(17,18)10-9-19-13-7-5-6-12(15)11-13/h5-7,11,16H,4,8-10,15H2,1-3H3. The van der Waals surface area contributed by atoms with Crippen LogP contribution in [0.2, 0.25) is 0 Å². The Morgan fingerprint density at radius 3 is 2.65 bits per heavy atom. The van der Waals surface area contributed by atoms with Crippen LogP contribution in [0.1, 0.15) is 33.6 Å². The van der Waals surface area contributed by atoms with Gasteiger partial charge in [-0.3, -0.25) is 0 Å². The molecule has 0 amide bonds. The summed E-state index contributed by atoms with van der Waals surface area (Å²) in [6, 6.07) is 6.93. The highest BCUT2D eigenvalue weighted by atomic mass is 32.2. The number of hydrogen-bond donors (Lipinski definition) is 2. The van der Waals surface area contributed by atoms with Crippen LogP contribution in [0.15, 0.2) is 24.3 Å². The summed E-state index contributed by atoms with van der Waals surface area (Å²) in [4.78, 5) is 0. The molecule has 1 aromatic rings. The van der Waals surface area contributed by atoms with Gasteiger partial charge < -0.3 is 10.5 Å². The van der Waals surface area contributed by atoms with Crippen molar-refractivity contribution in [3.8, 4) is 5.75 Å². The van der Waals surface area contributed by atoms with Gasteiger partial charge in [0.1, 0.15) is 12.4 Å². The predicted molar refractivity (Wildman–Crippen MR) is 82.3 cm³/mol. The fourth-order valence-electron chi connectivity index (χ4n) is 2.02. The van der Waals surface area contributed by atoms with E-state index in [0.29, 0.717) is 11.4 Å². The largest absolute Gasteiger partial charge is 0.492 e. The molecule has 20 heavy (non-hydrogen) atoms. The topological polar surface area (TPSA) is 81.4 Å². The van der Waals surface area contributed by atoms with E-state index in [1.165, 1.54) is 0 Å². The Hall–Kier alpha value is -1.27. The summed E-state index contributed by atoms with van der Waals surface area (Å²) in [6.07, 6.45) is 1.72. The number of anilines is 1. The predicted octanol–water partition coefficient (Wildman–Crippen LogP) is 2.15. The number of ether oxygens (including phenoxy) is 1. The summed E-state index contributed by atoms with van der Waals surface area (Å²) < 4.78 is 32.0. The van der Waals surface area contributed by atoms with Gasteiger partial charge in [0.2, 0.25) is 10.0 Å². The summed E-state index contributed by atoms with van der Waals surface area (Å²) >= 11 is 0. The lowest BCUT2D eigenvalue weighted by Crippen LogP contribution is -2.44. The fourth-order valence-corrected chi connectivity index (χ4v) is 3.37. The molecule has 0 aromatic heterocycles. The van der Waals surface area contributed by atoms with Crippen LogP contribution in [0.5, 0.6) is 5.75 Å². The van der Waals surface area contributed by atoms with E-state index in [0.717, 1.165) is 12.8 Å². The summed E-state index contributed by atoms with van der Waals surface area (Å²) in [7, 11) is -3.35. The molecule has 0 radical (unpaired) electrons. The zero-order valence-corrected chi connectivity index (χ0v) is 13.2. The van der Waals surface area contributed by atoms with Crippen LogP contribution >= 0.6 is 0 Å². The number of benzene rings is 1. The van der Waals surface area contributed by atoms with Crippen LogP contribution in [0, 0.1) is 0 Å². The molecule has 0 heterocycles. The van der Waals surface area contributed by atoms with Crippen molar-refractivity contribution in [2.45, 2.75) is 39.2 Å². The molecule has 0 aliphatic rings. The molecule has 1 rings (SSSR count). The van der Waals surface area contributed by atoms with Gasteiger partial charge in [-0.15, -0.1) is 0 Å². The summed E-state index contributed by atoms with van der Waals surface area (Å²) in [5.74, 6) is 0.502. The molecule has 0 saturated carbocycles. The zero-order chi connectivity index (χ0) is 15.2. The summed E-state index contributed by atoms with van der Waals surface area (Å²) in [6.45, 7) is 5.89. The lowest BCUT2D eigenvalue weighted by Gasteiger charge is -2.25. The van der Waals surface area contributed by atoms with Crippen molar-refractivity contribution >= 4 is 15.7 Å². The van der Waals surface area contributed by atoms with E-state index in [-0.39, 0.29) is 12.4 Å². The molecule has 0 unspecified atom stereocenters. The minimum absolute atomic E-state index is 0.0745. The van der Waals surface area contributed by atoms with Crippen molar-refractivity contribution < 1.29 is 13.2 Å². The monoisotopic (exact) mass is 300 g/mol. The Bertz CT molecular complexity index is 527. The molecule has 0 atom stereocenters. The highest BCUT2D eigenvalue weighted by molar-refractivity contribution is 7.89. The smallest absolute Gasteiger partial charge is 0.215 e. The fraction of sp³-hybridized carbons (Fsp3) is 0.571. The maximum absolute atomic E-state index is 12.0. The van der Waals surface area contributed by atoms with E-state index >= 15 is 0 Å². The number of nitrogens with two attached hydrogens (primary N) is 1. The number of sulfonamides is 1. The molecule has 114 valence electrons. The maximum atomic E-state index is 12.0. The van der Waals surface area contributed by atoms with Crippen molar-refractivity contribution in [1.29, 1.82) is 0 Å². The van der Waals surface area contributed by atoms with Crippen LogP contribution in [0.3, 0.4) is 0 Å². The molecule has 0 saturated heterocycles. The average Bonchev–Trinajstić information content (AvgIpc) is 2.26. The molecular weight excluding hydrogens is 276 g/mol. The first-order valence-corrected chi connectivity index (χ1v) is 8.39. The molecule has 3 N–H and O–H groups in total. The first kappa shape index (κ1) is 16.8. The molecule has 0 fully saturated rings. The van der Waals surface area contributed by atoms with E-state index in [1.54, 1.807) is 24.3 Å². The normalized spacial score (nSPS) is 12.3. The van der Waals surface area contributed by atoms with Crippen molar-refractivity contribution in [1.82, 2.24) is 4.72 Å². The molecule has 0 aliphatic heterocycles. The lowest BCUT2D eigenvalue weighted by molar-refractivity contribution is 0.338. The zero-order valence-electron chi connectivity index (χ0n) is 12.3. The van der Waals surface area contributed by atoms with Gasteiger partial charge in [0.15, 0.2) is 0 Å². The van der Waals surface area contributed by atoms with Crippen LogP contribution in [-0.2, 0) is 10.0 Å². The number of nitrogens with one attached hydrogen (secondary N) is 1. The lowest BCUT2D eigenvalue weighted by atomic mass is 10.0. The third-order valence-corrected chi connectivity index (χ3v) is 4.35. The highest BCUT2D eigenvalue weighted by Crippen LogP contribution is 2.15. The van der Waals surface area contributed by atoms with Crippen LogP contribution in [-0.4, -0.2) is 26.3 Å². The van der Waals surface area contributed by atoms with Gasteiger partial charge in [-0.05, 0) is 32.4 Å². The molecule has 0 aliphatic carbocycles. The van der Waals surface area contributed by atoms with Gasteiger partial charge in [-0.25, -0.2) is 13.1 Å². The van der Waals surface area contributed by atoms with Crippen LogP contribution < -0.4 is 15.2 Å². The third-order valence-electron chi connectivity index (χ3n) is 2.79. The van der Waals surface area contributed by atoms with Crippen molar-refractivity contribution in [3.05, 3.63) is 24.3 Å². The maximum Gasteiger partial charge on any atom is 0.215 e. The van der Waals surface area contributed by atoms with E-state index < -0.39 is 15.6 Å². The summed E-state index contributed by atoms with van der Waals surface area (Å²) in [5.41, 5.74) is 5.79. The van der Waals surface area contributed by atoms with E-state index in [9.17, 15) is 8.42 Å². The Balaban J connectivity index is 2.48. The van der Waals surface area contributed by atoms with Gasteiger partial charge in [-0.1, -0.05) is 19.4 Å². The Labute approximate surface area is 121 Å². The SMILES string of the molecule is CCCC(C)(C)NS(=O)(=O)CCOc1cccc(N)c1. The van der Waals surface area contributed by atoms with Gasteiger partial charge in [0, 0.05) is 17.3 Å². The van der Waals surface area contributed by atoms with Crippen LogP contribution in [0.25, 0.3) is 0 Å². The molecule has 0 bridgehead atoms. The third kappa shape index (κ3) is 6.25. The number of hydrogen-bond acceptors (Lipinski definition) is 4. The summed E-state index contributed by atoms with van der Waals surface area (Å²) in [5, 5.41) is 0. The minimum atomic E-state index is -3.35. The van der Waals surface area contributed by atoms with Gasteiger partial charge in [0.25, 0.3) is 0 Å². The second-order valence-corrected chi connectivity index (χ2v) is 7.32. The molecular formula is C14H24N2O3S. The highest BCUT2D eigenvalue weighted by Gasteiger charge is 2.23. The molecule has 5 nitrogen and oxygen atoms in total. The second kappa shape index (κ2) is 6.95. The van der Waals surface area contributed by atoms with Crippen LogP contribution in [0.4, 0.5) is 5.69 Å². The van der Waals surface area contributed by atoms with Crippen molar-refractivity contribution in [2.75, 3.05) is 18.1 Å². The van der Waals surface area contributed by atoms with Gasteiger partial charge in [0.05, 0.1) is 5.75 Å². The second-order valence-electron chi connectivity index (χ2n) is 5.48. The van der Waals surface area contributed by atoms with Crippen molar-refractivity contribution in [2.24, 2.45) is 0 Å². The quantitative estimate of drug-likeness (QED) is 0.721. The van der Waals surface area contributed by atoms with Gasteiger partial charge in [-0.2, -0.15) is 0 Å². The Morgan fingerprint density at radius 2 is 2.05 bits per heavy atom.